The molecular formula is C11H13BrS. The Balaban J connectivity index is 1.89. The van der Waals surface area contributed by atoms with Gasteiger partial charge in [-0.25, -0.2) is 0 Å². The van der Waals surface area contributed by atoms with E-state index < -0.39 is 0 Å². The summed E-state index contributed by atoms with van der Waals surface area (Å²) >= 11 is 5.43. The number of hydrogen-bond acceptors (Lipinski definition) is 1. The third-order valence-electron chi connectivity index (χ3n) is 2.50. The van der Waals surface area contributed by atoms with Crippen LogP contribution in [0.3, 0.4) is 0 Å². The van der Waals surface area contributed by atoms with Crippen molar-refractivity contribution in [3.63, 3.8) is 0 Å². The highest BCUT2D eigenvalue weighted by molar-refractivity contribution is 9.10. The summed E-state index contributed by atoms with van der Waals surface area (Å²) in [6.45, 7) is 0. The van der Waals surface area contributed by atoms with E-state index in [1.165, 1.54) is 41.5 Å². The molecule has 0 unspecified atom stereocenters. The molecule has 1 aliphatic carbocycles. The van der Waals surface area contributed by atoms with E-state index in [4.69, 9.17) is 0 Å². The van der Waals surface area contributed by atoms with Crippen molar-refractivity contribution >= 4 is 27.3 Å². The van der Waals surface area contributed by atoms with Crippen molar-refractivity contribution in [2.75, 3.05) is 0 Å². The van der Waals surface area contributed by atoms with E-state index in [-0.39, 0.29) is 0 Å². The second-order valence-corrected chi connectivity index (χ2v) is 5.30. The van der Waals surface area contributed by atoms with Gasteiger partial charge in [0.2, 0.25) is 0 Å². The van der Waals surface area contributed by atoms with Crippen molar-refractivity contribution < 1.29 is 0 Å². The van der Waals surface area contributed by atoms with Crippen LogP contribution in [0.5, 0.6) is 0 Å². The third-order valence-corrected chi connectivity index (χ3v) is 4.49. The standard InChI is InChI=1S/C11H13BrS/c12-10-7-8-13-11(10)6-5-9-3-1-2-4-9/h3,7-8H,1-2,4-6H2. The van der Waals surface area contributed by atoms with Gasteiger partial charge in [0.25, 0.3) is 0 Å². The van der Waals surface area contributed by atoms with Gasteiger partial charge in [-0.1, -0.05) is 11.6 Å². The molecule has 2 rings (SSSR count). The molecule has 1 heterocycles. The van der Waals surface area contributed by atoms with E-state index in [0.29, 0.717) is 0 Å². The van der Waals surface area contributed by atoms with Crippen LogP contribution in [-0.2, 0) is 6.42 Å². The van der Waals surface area contributed by atoms with Gasteiger partial charge in [-0.2, -0.15) is 0 Å². The first-order chi connectivity index (χ1) is 6.36. The second-order valence-electron chi connectivity index (χ2n) is 3.45. The molecule has 2 heteroatoms. The molecule has 0 spiro atoms. The predicted molar refractivity (Wildman–Crippen MR) is 62.3 cm³/mol. The Morgan fingerprint density at radius 2 is 2.31 bits per heavy atom. The van der Waals surface area contributed by atoms with Crippen LogP contribution in [0.2, 0.25) is 0 Å². The highest BCUT2D eigenvalue weighted by Gasteiger charge is 2.06. The fourth-order valence-corrected chi connectivity index (χ4v) is 3.30. The van der Waals surface area contributed by atoms with Crippen LogP contribution in [0.1, 0.15) is 30.6 Å². The molecule has 0 aromatic carbocycles. The maximum atomic E-state index is 3.57. The molecule has 1 aromatic rings. The molecule has 0 N–H and O–H groups in total. The zero-order valence-electron chi connectivity index (χ0n) is 7.55. The zero-order valence-corrected chi connectivity index (χ0v) is 9.96. The number of rotatable bonds is 3. The van der Waals surface area contributed by atoms with E-state index in [2.05, 4.69) is 33.5 Å². The summed E-state index contributed by atoms with van der Waals surface area (Å²) in [5.41, 5.74) is 1.67. The molecule has 0 atom stereocenters. The van der Waals surface area contributed by atoms with Crippen LogP contribution in [0.4, 0.5) is 0 Å². The summed E-state index contributed by atoms with van der Waals surface area (Å²) in [6.07, 6.45) is 8.91. The Morgan fingerprint density at radius 3 is 2.92 bits per heavy atom. The van der Waals surface area contributed by atoms with Crippen LogP contribution in [-0.4, -0.2) is 0 Å². The summed E-state index contributed by atoms with van der Waals surface area (Å²) in [5, 5.41) is 2.16. The lowest BCUT2D eigenvalue weighted by Crippen LogP contribution is -1.84. The Morgan fingerprint density at radius 1 is 1.38 bits per heavy atom. The summed E-state index contributed by atoms with van der Waals surface area (Å²) in [7, 11) is 0. The molecule has 13 heavy (non-hydrogen) atoms. The summed E-state index contributed by atoms with van der Waals surface area (Å²) in [4.78, 5) is 1.49. The first-order valence-corrected chi connectivity index (χ1v) is 6.43. The second kappa shape index (κ2) is 4.43. The van der Waals surface area contributed by atoms with Gasteiger partial charge in [0.1, 0.15) is 0 Å². The molecule has 0 fully saturated rings. The minimum absolute atomic E-state index is 1.21. The number of aryl methyl sites for hydroxylation is 1. The molecule has 0 bridgehead atoms. The minimum Gasteiger partial charge on any atom is -0.148 e. The van der Waals surface area contributed by atoms with Crippen molar-refractivity contribution in [3.05, 3.63) is 32.4 Å². The molecule has 0 saturated heterocycles. The monoisotopic (exact) mass is 256 g/mol. The zero-order chi connectivity index (χ0) is 9.10. The maximum Gasteiger partial charge on any atom is 0.0314 e. The lowest BCUT2D eigenvalue weighted by atomic mass is 10.1. The normalized spacial score (nSPS) is 16.2. The SMILES string of the molecule is Brc1ccsc1CCC1=CCCC1. The topological polar surface area (TPSA) is 0 Å². The average molecular weight is 257 g/mol. The highest BCUT2D eigenvalue weighted by atomic mass is 79.9. The van der Waals surface area contributed by atoms with E-state index in [0.717, 1.165) is 0 Å². The molecule has 1 aliphatic rings. The van der Waals surface area contributed by atoms with Gasteiger partial charge >= 0.3 is 0 Å². The van der Waals surface area contributed by atoms with Crippen molar-refractivity contribution in [2.24, 2.45) is 0 Å². The van der Waals surface area contributed by atoms with Gasteiger partial charge in [0.05, 0.1) is 0 Å². The van der Waals surface area contributed by atoms with Crippen LogP contribution >= 0.6 is 27.3 Å². The average Bonchev–Trinajstić information content (AvgIpc) is 2.72. The Labute approximate surface area is 91.8 Å². The summed E-state index contributed by atoms with van der Waals surface area (Å²) in [5.74, 6) is 0. The quantitative estimate of drug-likeness (QED) is 0.696. The van der Waals surface area contributed by atoms with Crippen molar-refractivity contribution in [1.82, 2.24) is 0 Å². The third kappa shape index (κ3) is 2.44. The highest BCUT2D eigenvalue weighted by Crippen LogP contribution is 2.27. The van der Waals surface area contributed by atoms with Gasteiger partial charge in [0.15, 0.2) is 0 Å². The van der Waals surface area contributed by atoms with Crippen LogP contribution in [0.25, 0.3) is 0 Å². The van der Waals surface area contributed by atoms with Crippen LogP contribution in [0.15, 0.2) is 27.6 Å². The smallest absolute Gasteiger partial charge is 0.0314 e. The number of allylic oxidation sites excluding steroid dienone is 2. The van der Waals surface area contributed by atoms with E-state index in [1.54, 1.807) is 5.57 Å². The van der Waals surface area contributed by atoms with E-state index in [9.17, 15) is 0 Å². The molecule has 0 saturated carbocycles. The Hall–Kier alpha value is -0.0800. The molecule has 1 aromatic heterocycles. The van der Waals surface area contributed by atoms with Gasteiger partial charge in [0, 0.05) is 9.35 Å². The number of thiophene rings is 1. The van der Waals surface area contributed by atoms with E-state index >= 15 is 0 Å². The molecular weight excluding hydrogens is 244 g/mol. The Kier molecular flexibility index (Phi) is 3.23. The van der Waals surface area contributed by atoms with Gasteiger partial charge in [-0.15, -0.1) is 11.3 Å². The predicted octanol–water partition coefficient (Wildman–Crippen LogP) is 4.55. The van der Waals surface area contributed by atoms with E-state index in [1.807, 2.05) is 11.3 Å². The molecule has 0 nitrogen and oxygen atoms in total. The number of hydrogen-bond donors (Lipinski definition) is 0. The van der Waals surface area contributed by atoms with Gasteiger partial charge in [-0.05, 0) is 59.5 Å². The molecule has 0 radical (unpaired) electrons. The molecule has 0 aliphatic heterocycles. The lowest BCUT2D eigenvalue weighted by molar-refractivity contribution is 0.849. The van der Waals surface area contributed by atoms with Gasteiger partial charge in [-0.3, -0.25) is 0 Å². The summed E-state index contributed by atoms with van der Waals surface area (Å²) < 4.78 is 1.29. The van der Waals surface area contributed by atoms with Gasteiger partial charge < -0.3 is 0 Å². The van der Waals surface area contributed by atoms with Crippen molar-refractivity contribution in [3.8, 4) is 0 Å². The largest absolute Gasteiger partial charge is 0.148 e. The first kappa shape index (κ1) is 9.47. The van der Waals surface area contributed by atoms with Crippen molar-refractivity contribution in [2.45, 2.75) is 32.1 Å². The molecule has 0 amide bonds. The Bertz CT molecular complexity index is 312. The van der Waals surface area contributed by atoms with Crippen LogP contribution < -0.4 is 0 Å². The fraction of sp³-hybridized carbons (Fsp3) is 0.455. The summed E-state index contributed by atoms with van der Waals surface area (Å²) in [6, 6.07) is 2.14. The van der Waals surface area contributed by atoms with Crippen LogP contribution in [0, 0.1) is 0 Å². The molecule has 70 valence electrons. The van der Waals surface area contributed by atoms with Crippen molar-refractivity contribution in [1.29, 1.82) is 0 Å². The fourth-order valence-electron chi connectivity index (χ4n) is 1.74. The minimum atomic E-state index is 1.21. The number of halogens is 1. The maximum absolute atomic E-state index is 3.57. The lowest BCUT2D eigenvalue weighted by Gasteiger charge is -2.00. The first-order valence-electron chi connectivity index (χ1n) is 4.76.